The Morgan fingerprint density at radius 3 is 2.57 bits per heavy atom. The summed E-state index contributed by atoms with van der Waals surface area (Å²) in [4.78, 5) is 11.6. The molecular weight excluding hydrogens is 287 g/mol. The lowest BCUT2D eigenvalue weighted by molar-refractivity contribution is -0.139. The van der Waals surface area contributed by atoms with Gasteiger partial charge in [-0.1, -0.05) is 18.2 Å². The van der Waals surface area contributed by atoms with Crippen LogP contribution in [0.25, 0.3) is 0 Å². The predicted molar refractivity (Wildman–Crippen MR) is 67.4 cm³/mol. The summed E-state index contributed by atoms with van der Waals surface area (Å²) in [6, 6.07) is 7.59. The molecule has 2 rings (SSSR count). The van der Waals surface area contributed by atoms with Crippen molar-refractivity contribution in [3.63, 3.8) is 0 Å². The Hall–Kier alpha value is -2.28. The SMILES string of the molecule is O=C(NCC(O)c1ccccc1C(F)(F)F)c1ccco1. The summed E-state index contributed by atoms with van der Waals surface area (Å²) < 4.78 is 43.3. The molecule has 1 aromatic heterocycles. The molecule has 0 aliphatic heterocycles. The van der Waals surface area contributed by atoms with Crippen molar-refractivity contribution in [2.24, 2.45) is 0 Å². The van der Waals surface area contributed by atoms with Crippen molar-refractivity contribution in [1.29, 1.82) is 0 Å². The Balaban J connectivity index is 2.07. The highest BCUT2D eigenvalue weighted by atomic mass is 19.4. The topological polar surface area (TPSA) is 62.5 Å². The van der Waals surface area contributed by atoms with Gasteiger partial charge in [0, 0.05) is 6.54 Å². The molecule has 2 N–H and O–H groups in total. The van der Waals surface area contributed by atoms with Crippen LogP contribution in [-0.2, 0) is 6.18 Å². The number of hydrogen-bond donors (Lipinski definition) is 2. The van der Waals surface area contributed by atoms with Crippen molar-refractivity contribution in [3.8, 4) is 0 Å². The predicted octanol–water partition coefficient (Wildman–Crippen LogP) is 2.76. The second-order valence-electron chi connectivity index (χ2n) is 4.29. The molecular formula is C14H12F3NO3. The van der Waals surface area contributed by atoms with Crippen LogP contribution in [0.2, 0.25) is 0 Å². The first kappa shape index (κ1) is 15.1. The van der Waals surface area contributed by atoms with Gasteiger partial charge < -0.3 is 14.8 Å². The van der Waals surface area contributed by atoms with Gasteiger partial charge in [-0.05, 0) is 23.8 Å². The van der Waals surface area contributed by atoms with E-state index in [1.165, 1.54) is 36.6 Å². The van der Waals surface area contributed by atoms with E-state index in [1.807, 2.05) is 0 Å². The van der Waals surface area contributed by atoms with E-state index in [4.69, 9.17) is 4.42 Å². The quantitative estimate of drug-likeness (QED) is 0.912. The van der Waals surface area contributed by atoms with Gasteiger partial charge in [-0.3, -0.25) is 4.79 Å². The van der Waals surface area contributed by atoms with Gasteiger partial charge in [0.25, 0.3) is 5.91 Å². The van der Waals surface area contributed by atoms with Gasteiger partial charge in [0.2, 0.25) is 0 Å². The molecule has 0 bridgehead atoms. The zero-order chi connectivity index (χ0) is 15.5. The zero-order valence-electron chi connectivity index (χ0n) is 10.7. The third-order valence-electron chi connectivity index (χ3n) is 2.83. The normalized spacial score (nSPS) is 13.0. The molecule has 0 spiro atoms. The second-order valence-corrected chi connectivity index (χ2v) is 4.29. The van der Waals surface area contributed by atoms with E-state index in [1.54, 1.807) is 0 Å². The van der Waals surface area contributed by atoms with E-state index in [2.05, 4.69) is 5.32 Å². The first-order chi connectivity index (χ1) is 9.89. The van der Waals surface area contributed by atoms with Crippen LogP contribution in [0.3, 0.4) is 0 Å². The van der Waals surface area contributed by atoms with Crippen molar-refractivity contribution in [3.05, 3.63) is 59.5 Å². The number of aliphatic hydroxyl groups excluding tert-OH is 1. The first-order valence-corrected chi connectivity index (χ1v) is 6.05. The van der Waals surface area contributed by atoms with Crippen LogP contribution in [0.1, 0.15) is 27.8 Å². The maximum absolute atomic E-state index is 12.8. The van der Waals surface area contributed by atoms with Gasteiger partial charge in [0.1, 0.15) is 0 Å². The number of rotatable bonds is 4. The van der Waals surface area contributed by atoms with Crippen LogP contribution < -0.4 is 5.32 Å². The number of halogens is 3. The lowest BCUT2D eigenvalue weighted by Gasteiger charge is -2.17. The van der Waals surface area contributed by atoms with E-state index < -0.39 is 23.8 Å². The molecule has 2 aromatic rings. The molecule has 0 fully saturated rings. The maximum Gasteiger partial charge on any atom is 0.416 e. The van der Waals surface area contributed by atoms with Crippen LogP contribution in [0.4, 0.5) is 13.2 Å². The smallest absolute Gasteiger partial charge is 0.416 e. The molecule has 7 heteroatoms. The Labute approximate surface area is 118 Å². The molecule has 1 unspecified atom stereocenters. The molecule has 0 aliphatic rings. The number of carbonyl (C=O) groups is 1. The number of carbonyl (C=O) groups excluding carboxylic acids is 1. The lowest BCUT2D eigenvalue weighted by Crippen LogP contribution is -2.29. The van der Waals surface area contributed by atoms with E-state index in [-0.39, 0.29) is 17.9 Å². The number of amides is 1. The summed E-state index contributed by atoms with van der Waals surface area (Å²) in [5, 5.41) is 12.2. The van der Waals surface area contributed by atoms with Crippen LogP contribution in [-0.4, -0.2) is 17.6 Å². The molecule has 0 radical (unpaired) electrons. The minimum absolute atomic E-state index is 0.0197. The third kappa shape index (κ3) is 3.63. The number of nitrogens with one attached hydrogen (secondary N) is 1. The Morgan fingerprint density at radius 1 is 1.24 bits per heavy atom. The maximum atomic E-state index is 12.8. The zero-order valence-corrected chi connectivity index (χ0v) is 10.7. The summed E-state index contributed by atoms with van der Waals surface area (Å²) in [6.07, 6.45) is -4.74. The summed E-state index contributed by atoms with van der Waals surface area (Å²) >= 11 is 0. The van der Waals surface area contributed by atoms with Gasteiger partial charge >= 0.3 is 6.18 Å². The highest BCUT2D eigenvalue weighted by Gasteiger charge is 2.34. The Morgan fingerprint density at radius 2 is 1.95 bits per heavy atom. The molecule has 0 saturated heterocycles. The lowest BCUT2D eigenvalue weighted by atomic mass is 10.0. The van der Waals surface area contributed by atoms with Crippen LogP contribution in [0.5, 0.6) is 0 Å². The number of aliphatic hydroxyl groups is 1. The summed E-state index contributed by atoms with van der Waals surface area (Å²) in [5.41, 5.74) is -1.21. The molecule has 1 heterocycles. The monoisotopic (exact) mass is 299 g/mol. The summed E-state index contributed by atoms with van der Waals surface area (Å²) in [5.74, 6) is -0.588. The molecule has 21 heavy (non-hydrogen) atoms. The molecule has 1 atom stereocenters. The number of benzene rings is 1. The van der Waals surface area contributed by atoms with Crippen molar-refractivity contribution in [1.82, 2.24) is 5.32 Å². The molecule has 1 aromatic carbocycles. The van der Waals surface area contributed by atoms with Gasteiger partial charge in [-0.15, -0.1) is 0 Å². The average Bonchev–Trinajstić information content (AvgIpc) is 2.97. The fraction of sp³-hybridized carbons (Fsp3) is 0.214. The van der Waals surface area contributed by atoms with Gasteiger partial charge in [-0.25, -0.2) is 0 Å². The number of hydrogen-bond acceptors (Lipinski definition) is 3. The Bertz CT molecular complexity index is 608. The summed E-state index contributed by atoms with van der Waals surface area (Å²) in [7, 11) is 0. The molecule has 1 amide bonds. The fourth-order valence-electron chi connectivity index (χ4n) is 1.84. The van der Waals surface area contributed by atoms with Crippen molar-refractivity contribution < 1.29 is 27.5 Å². The van der Waals surface area contributed by atoms with Crippen molar-refractivity contribution >= 4 is 5.91 Å². The number of alkyl halides is 3. The van der Waals surface area contributed by atoms with Gasteiger partial charge in [-0.2, -0.15) is 13.2 Å². The van der Waals surface area contributed by atoms with Gasteiger partial charge in [0.15, 0.2) is 5.76 Å². The minimum atomic E-state index is -4.57. The molecule has 4 nitrogen and oxygen atoms in total. The molecule has 0 aliphatic carbocycles. The van der Waals surface area contributed by atoms with E-state index in [0.717, 1.165) is 6.07 Å². The average molecular weight is 299 g/mol. The second kappa shape index (κ2) is 6.01. The van der Waals surface area contributed by atoms with Gasteiger partial charge in [0.05, 0.1) is 17.9 Å². The summed E-state index contributed by atoms with van der Waals surface area (Å²) in [6.45, 7) is -0.355. The van der Waals surface area contributed by atoms with Crippen molar-refractivity contribution in [2.75, 3.05) is 6.54 Å². The van der Waals surface area contributed by atoms with E-state index in [0.29, 0.717) is 0 Å². The van der Waals surface area contributed by atoms with Crippen LogP contribution in [0, 0.1) is 0 Å². The minimum Gasteiger partial charge on any atom is -0.459 e. The highest BCUT2D eigenvalue weighted by Crippen LogP contribution is 2.34. The largest absolute Gasteiger partial charge is 0.459 e. The standard InChI is InChI=1S/C14H12F3NO3/c15-14(16,17)10-5-2-1-4-9(10)11(19)8-18-13(20)12-6-3-7-21-12/h1-7,11,19H,8H2,(H,18,20). The molecule has 112 valence electrons. The van der Waals surface area contributed by atoms with E-state index in [9.17, 15) is 23.1 Å². The number of furan rings is 1. The third-order valence-corrected chi connectivity index (χ3v) is 2.83. The van der Waals surface area contributed by atoms with Crippen LogP contribution >= 0.6 is 0 Å². The Kier molecular flexibility index (Phi) is 4.32. The van der Waals surface area contributed by atoms with Crippen LogP contribution in [0.15, 0.2) is 47.1 Å². The fourth-order valence-corrected chi connectivity index (χ4v) is 1.84. The first-order valence-electron chi connectivity index (χ1n) is 6.05. The molecule has 0 saturated carbocycles. The highest BCUT2D eigenvalue weighted by molar-refractivity contribution is 5.91. The van der Waals surface area contributed by atoms with Crippen molar-refractivity contribution in [2.45, 2.75) is 12.3 Å². The van der Waals surface area contributed by atoms with E-state index >= 15 is 0 Å².